The first-order valence-electron chi connectivity index (χ1n) is 12.7. The smallest absolute Gasteiger partial charge is 0.220 e. The summed E-state index contributed by atoms with van der Waals surface area (Å²) in [6.45, 7) is 2.10. The van der Waals surface area contributed by atoms with E-state index in [1.165, 1.54) is 24.0 Å². The number of nitrogens with zero attached hydrogens (tertiary/aromatic N) is 1. The maximum atomic E-state index is 12.9. The minimum absolute atomic E-state index is 0. The SMILES string of the molecule is Cl.O=C(CCc1ccco1)N[C@H]1CC[C@@]2(O)[C@H]3Cc4cccc5c4[C@@]2(CCN3CC2CC2)[C@H]1O5. The fourth-order valence-electron chi connectivity index (χ4n) is 7.57. The van der Waals surface area contributed by atoms with Crippen LogP contribution in [0.2, 0.25) is 0 Å². The van der Waals surface area contributed by atoms with E-state index >= 15 is 0 Å². The Hall–Kier alpha value is -2.02. The van der Waals surface area contributed by atoms with E-state index in [0.29, 0.717) is 19.3 Å². The van der Waals surface area contributed by atoms with E-state index < -0.39 is 11.0 Å². The maximum absolute atomic E-state index is 12.9. The molecule has 5 atom stereocenters. The van der Waals surface area contributed by atoms with E-state index in [1.807, 2.05) is 12.1 Å². The number of aliphatic hydroxyl groups is 1. The van der Waals surface area contributed by atoms with Gasteiger partial charge in [-0.2, -0.15) is 0 Å². The monoisotopic (exact) mass is 484 g/mol. The molecular weight excluding hydrogens is 452 g/mol. The van der Waals surface area contributed by atoms with Gasteiger partial charge in [0.2, 0.25) is 5.91 Å². The van der Waals surface area contributed by atoms with Crippen molar-refractivity contribution in [1.29, 1.82) is 0 Å². The minimum atomic E-state index is -0.806. The summed E-state index contributed by atoms with van der Waals surface area (Å²) in [5.41, 5.74) is 1.32. The molecule has 1 spiro atoms. The quantitative estimate of drug-likeness (QED) is 0.657. The molecule has 1 saturated heterocycles. The van der Waals surface area contributed by atoms with Gasteiger partial charge in [-0.15, -0.1) is 12.4 Å². The summed E-state index contributed by atoms with van der Waals surface area (Å²) in [4.78, 5) is 15.5. The van der Waals surface area contributed by atoms with Crippen LogP contribution in [-0.2, 0) is 23.1 Å². The number of furan rings is 1. The van der Waals surface area contributed by atoms with Gasteiger partial charge in [0.05, 0.1) is 23.3 Å². The number of aryl methyl sites for hydroxylation is 1. The van der Waals surface area contributed by atoms with Crippen molar-refractivity contribution in [2.45, 2.75) is 80.6 Å². The van der Waals surface area contributed by atoms with Crippen molar-refractivity contribution in [2.75, 3.05) is 13.1 Å². The Morgan fingerprint density at radius 1 is 1.18 bits per heavy atom. The van der Waals surface area contributed by atoms with Gasteiger partial charge >= 0.3 is 0 Å². The molecule has 2 aromatic rings. The third kappa shape index (κ3) is 3.11. The number of amides is 1. The first-order chi connectivity index (χ1) is 16.1. The molecule has 5 aliphatic rings. The second kappa shape index (κ2) is 8.00. The minimum Gasteiger partial charge on any atom is -0.487 e. The van der Waals surface area contributed by atoms with Crippen molar-refractivity contribution < 1.29 is 19.1 Å². The first kappa shape index (κ1) is 22.4. The molecule has 7 heteroatoms. The second-order valence-electron chi connectivity index (χ2n) is 10.9. The molecule has 3 fully saturated rings. The van der Waals surface area contributed by atoms with Crippen LogP contribution in [0.5, 0.6) is 5.75 Å². The largest absolute Gasteiger partial charge is 0.487 e. The summed E-state index contributed by atoms with van der Waals surface area (Å²) >= 11 is 0. The molecule has 3 aliphatic carbocycles. The number of carbonyl (C=O) groups is 1. The number of halogens is 1. The van der Waals surface area contributed by atoms with Crippen molar-refractivity contribution in [3.8, 4) is 5.75 Å². The molecule has 6 nitrogen and oxygen atoms in total. The number of piperidine rings is 1. The zero-order valence-electron chi connectivity index (χ0n) is 19.4. The third-order valence-electron chi connectivity index (χ3n) is 9.19. The summed E-state index contributed by atoms with van der Waals surface area (Å²) < 4.78 is 12.0. The molecule has 0 radical (unpaired) electrons. The number of likely N-dealkylation sites (tertiary alicyclic amines) is 1. The zero-order valence-corrected chi connectivity index (χ0v) is 20.2. The molecule has 3 heterocycles. The number of hydrogen-bond donors (Lipinski definition) is 2. The van der Waals surface area contributed by atoms with Crippen LogP contribution < -0.4 is 10.1 Å². The van der Waals surface area contributed by atoms with Crippen LogP contribution in [0, 0.1) is 5.92 Å². The molecule has 2 aliphatic heterocycles. The Bertz CT molecular complexity index is 1090. The van der Waals surface area contributed by atoms with Crippen molar-refractivity contribution in [3.63, 3.8) is 0 Å². The van der Waals surface area contributed by atoms with E-state index in [2.05, 4.69) is 28.4 Å². The summed E-state index contributed by atoms with van der Waals surface area (Å²) in [7, 11) is 0. The number of hydrogen-bond acceptors (Lipinski definition) is 5. The van der Waals surface area contributed by atoms with Crippen molar-refractivity contribution >= 4 is 18.3 Å². The number of benzene rings is 1. The Morgan fingerprint density at radius 3 is 2.85 bits per heavy atom. The number of ether oxygens (including phenoxy) is 1. The van der Waals surface area contributed by atoms with Crippen LogP contribution in [0.3, 0.4) is 0 Å². The fourth-order valence-corrected chi connectivity index (χ4v) is 7.57. The van der Waals surface area contributed by atoms with E-state index in [-0.39, 0.29) is 36.5 Å². The average molecular weight is 485 g/mol. The Morgan fingerprint density at radius 2 is 2.06 bits per heavy atom. The van der Waals surface area contributed by atoms with E-state index in [9.17, 15) is 9.90 Å². The first-order valence-corrected chi connectivity index (χ1v) is 12.7. The van der Waals surface area contributed by atoms with Crippen LogP contribution >= 0.6 is 12.4 Å². The predicted molar refractivity (Wildman–Crippen MR) is 129 cm³/mol. The van der Waals surface area contributed by atoms with Gasteiger partial charge in [-0.25, -0.2) is 0 Å². The Balaban J connectivity index is 0.00000217. The standard InChI is InChI=1S/C27H32N2O4.ClH/c30-23(9-8-19-4-2-14-32-19)28-20-10-11-27(31)22-15-18-3-1-5-21-24(18)26(27,25(20)33-21)12-13-29(22)16-17-6-7-17;/h1-5,14,17,20,22,25,31H,6-13,15-16H2,(H,28,30);1H/t20-,22+,25-,26-,27+;/m0./s1. The van der Waals surface area contributed by atoms with Crippen LogP contribution in [-0.4, -0.2) is 52.8 Å². The highest BCUT2D eigenvalue weighted by Crippen LogP contribution is 2.64. The van der Waals surface area contributed by atoms with Gasteiger partial charge in [0, 0.05) is 31.0 Å². The van der Waals surface area contributed by atoms with Crippen LogP contribution in [0.15, 0.2) is 41.0 Å². The molecular formula is C27H33ClN2O4. The van der Waals surface area contributed by atoms with E-state index in [4.69, 9.17) is 9.15 Å². The molecule has 2 bridgehead atoms. The molecule has 7 rings (SSSR count). The van der Waals surface area contributed by atoms with Gasteiger partial charge in [0.25, 0.3) is 0 Å². The zero-order chi connectivity index (χ0) is 22.2. The molecule has 182 valence electrons. The van der Waals surface area contributed by atoms with Gasteiger partial charge in [-0.3, -0.25) is 9.69 Å². The predicted octanol–water partition coefficient (Wildman–Crippen LogP) is 3.38. The lowest BCUT2D eigenvalue weighted by atomic mass is 9.48. The number of nitrogens with one attached hydrogen (secondary N) is 1. The summed E-state index contributed by atoms with van der Waals surface area (Å²) in [6, 6.07) is 10.2. The van der Waals surface area contributed by atoms with Crippen LogP contribution in [0.1, 0.15) is 55.4 Å². The molecule has 1 aromatic carbocycles. The summed E-state index contributed by atoms with van der Waals surface area (Å²) in [6.07, 6.45) is 8.29. The average Bonchev–Trinajstić information content (AvgIpc) is 3.33. The summed E-state index contributed by atoms with van der Waals surface area (Å²) in [5.74, 6) is 2.57. The number of rotatable bonds is 6. The highest BCUT2D eigenvalue weighted by molar-refractivity contribution is 5.85. The third-order valence-corrected chi connectivity index (χ3v) is 9.19. The molecule has 2 N–H and O–H groups in total. The lowest BCUT2D eigenvalue weighted by Gasteiger charge is -2.64. The maximum Gasteiger partial charge on any atom is 0.220 e. The van der Waals surface area contributed by atoms with Crippen LogP contribution in [0.4, 0.5) is 0 Å². The van der Waals surface area contributed by atoms with E-state index in [0.717, 1.165) is 49.8 Å². The molecule has 2 saturated carbocycles. The molecule has 1 aromatic heterocycles. The van der Waals surface area contributed by atoms with Crippen LogP contribution in [0.25, 0.3) is 0 Å². The van der Waals surface area contributed by atoms with Crippen molar-refractivity contribution in [3.05, 3.63) is 53.5 Å². The highest BCUT2D eigenvalue weighted by atomic mass is 35.5. The van der Waals surface area contributed by atoms with E-state index in [1.54, 1.807) is 6.26 Å². The Labute approximate surface area is 206 Å². The van der Waals surface area contributed by atoms with Gasteiger partial charge in [-0.1, -0.05) is 12.1 Å². The highest BCUT2D eigenvalue weighted by Gasteiger charge is 2.72. The normalized spacial score (nSPS) is 35.1. The Kier molecular flexibility index (Phi) is 5.28. The fraction of sp³-hybridized carbons (Fsp3) is 0.593. The molecule has 34 heavy (non-hydrogen) atoms. The van der Waals surface area contributed by atoms with Gasteiger partial charge in [-0.05, 0) is 74.8 Å². The topological polar surface area (TPSA) is 74.9 Å². The second-order valence-corrected chi connectivity index (χ2v) is 10.9. The summed E-state index contributed by atoms with van der Waals surface area (Å²) in [5, 5.41) is 15.7. The van der Waals surface area contributed by atoms with Gasteiger partial charge < -0.3 is 19.6 Å². The van der Waals surface area contributed by atoms with Gasteiger partial charge in [0.1, 0.15) is 17.6 Å². The lowest BCUT2D eigenvalue weighted by molar-refractivity contribution is -0.192. The number of carbonyl (C=O) groups excluding carboxylic acids is 1. The van der Waals surface area contributed by atoms with Gasteiger partial charge in [0.15, 0.2) is 0 Å². The van der Waals surface area contributed by atoms with Crippen molar-refractivity contribution in [2.24, 2.45) is 5.92 Å². The lowest BCUT2D eigenvalue weighted by Crippen LogP contribution is -2.78. The molecule has 0 unspecified atom stereocenters. The molecule has 1 amide bonds. The van der Waals surface area contributed by atoms with Crippen molar-refractivity contribution in [1.82, 2.24) is 10.2 Å².